The Kier molecular flexibility index (Phi) is 1.96. The number of nitrogens with one attached hydrogen (secondary N) is 1. The quantitative estimate of drug-likeness (QED) is 0.620. The number of fused-ring (bicyclic) bond motifs is 1. The van der Waals surface area contributed by atoms with E-state index in [-0.39, 0.29) is 6.10 Å². The largest absolute Gasteiger partial charge is 0.473 e. The van der Waals surface area contributed by atoms with Gasteiger partial charge in [0.1, 0.15) is 6.10 Å². The van der Waals surface area contributed by atoms with Gasteiger partial charge < -0.3 is 10.1 Å². The SMILES string of the molecule is C[C@H]1CNCc2cccnc2O1. The summed E-state index contributed by atoms with van der Waals surface area (Å²) in [6.07, 6.45) is 1.97. The zero-order valence-corrected chi connectivity index (χ0v) is 7.08. The van der Waals surface area contributed by atoms with Gasteiger partial charge in [0.2, 0.25) is 5.88 Å². The lowest BCUT2D eigenvalue weighted by atomic mass is 10.3. The fraction of sp³-hybridized carbons (Fsp3) is 0.444. The average molecular weight is 164 g/mol. The fourth-order valence-electron chi connectivity index (χ4n) is 1.31. The van der Waals surface area contributed by atoms with E-state index in [0.29, 0.717) is 0 Å². The Morgan fingerprint density at radius 2 is 2.58 bits per heavy atom. The van der Waals surface area contributed by atoms with Gasteiger partial charge in [0, 0.05) is 24.8 Å². The first kappa shape index (κ1) is 7.55. The first-order chi connectivity index (χ1) is 5.86. The van der Waals surface area contributed by atoms with Gasteiger partial charge in [-0.25, -0.2) is 4.98 Å². The zero-order valence-electron chi connectivity index (χ0n) is 7.08. The molecule has 0 bridgehead atoms. The molecule has 0 amide bonds. The molecule has 0 saturated carbocycles. The van der Waals surface area contributed by atoms with Crippen LogP contribution in [0.4, 0.5) is 0 Å². The average Bonchev–Trinajstić information content (AvgIpc) is 2.25. The molecule has 0 spiro atoms. The van der Waals surface area contributed by atoms with Crippen molar-refractivity contribution in [3.8, 4) is 5.88 Å². The van der Waals surface area contributed by atoms with E-state index in [1.807, 2.05) is 19.1 Å². The summed E-state index contributed by atoms with van der Waals surface area (Å²) in [6, 6.07) is 3.97. The summed E-state index contributed by atoms with van der Waals surface area (Å²) >= 11 is 0. The summed E-state index contributed by atoms with van der Waals surface area (Å²) in [5.74, 6) is 0.773. The molecule has 0 unspecified atom stereocenters. The Morgan fingerprint density at radius 3 is 3.50 bits per heavy atom. The van der Waals surface area contributed by atoms with Crippen molar-refractivity contribution >= 4 is 0 Å². The van der Waals surface area contributed by atoms with Gasteiger partial charge in [-0.3, -0.25) is 0 Å². The fourth-order valence-corrected chi connectivity index (χ4v) is 1.31. The number of ether oxygens (including phenoxy) is 1. The topological polar surface area (TPSA) is 34.2 Å². The van der Waals surface area contributed by atoms with Gasteiger partial charge in [-0.2, -0.15) is 0 Å². The van der Waals surface area contributed by atoms with Crippen LogP contribution in [0.5, 0.6) is 5.88 Å². The standard InChI is InChI=1S/C9H12N2O/c1-7-5-10-6-8-3-2-4-11-9(8)12-7/h2-4,7,10H,5-6H2,1H3/t7-/m0/s1. The van der Waals surface area contributed by atoms with Gasteiger partial charge in [-0.05, 0) is 13.0 Å². The van der Waals surface area contributed by atoms with Crippen molar-refractivity contribution in [2.75, 3.05) is 6.54 Å². The van der Waals surface area contributed by atoms with Gasteiger partial charge in [-0.1, -0.05) is 6.07 Å². The number of nitrogens with zero attached hydrogens (tertiary/aromatic N) is 1. The van der Waals surface area contributed by atoms with Gasteiger partial charge in [-0.15, -0.1) is 0 Å². The molecule has 1 atom stereocenters. The van der Waals surface area contributed by atoms with Gasteiger partial charge in [0.25, 0.3) is 0 Å². The molecule has 12 heavy (non-hydrogen) atoms. The Balaban J connectivity index is 2.31. The third-order valence-corrected chi connectivity index (χ3v) is 1.91. The second-order valence-electron chi connectivity index (χ2n) is 3.03. The minimum absolute atomic E-state index is 0.209. The molecule has 0 aliphatic carbocycles. The highest BCUT2D eigenvalue weighted by atomic mass is 16.5. The Hall–Kier alpha value is -1.09. The highest BCUT2D eigenvalue weighted by Crippen LogP contribution is 2.17. The molecule has 2 heterocycles. The predicted octanol–water partition coefficient (Wildman–Crippen LogP) is 0.952. The molecule has 64 valence electrons. The van der Waals surface area contributed by atoms with Crippen LogP contribution in [0.25, 0.3) is 0 Å². The van der Waals surface area contributed by atoms with Crippen LogP contribution in [0.3, 0.4) is 0 Å². The molecule has 1 aliphatic rings. The van der Waals surface area contributed by atoms with Crippen LogP contribution in [0, 0.1) is 0 Å². The number of hydrogen-bond acceptors (Lipinski definition) is 3. The first-order valence-corrected chi connectivity index (χ1v) is 4.17. The van der Waals surface area contributed by atoms with E-state index < -0.39 is 0 Å². The van der Waals surface area contributed by atoms with Crippen molar-refractivity contribution in [2.24, 2.45) is 0 Å². The lowest BCUT2D eigenvalue weighted by molar-refractivity contribution is 0.218. The Labute approximate surface area is 71.8 Å². The van der Waals surface area contributed by atoms with E-state index in [1.165, 1.54) is 0 Å². The van der Waals surface area contributed by atoms with Crippen LogP contribution < -0.4 is 10.1 Å². The molecule has 0 aromatic carbocycles. The van der Waals surface area contributed by atoms with Crippen LogP contribution in [0.2, 0.25) is 0 Å². The molecule has 0 fully saturated rings. The number of hydrogen-bond donors (Lipinski definition) is 1. The molecule has 1 aliphatic heterocycles. The summed E-state index contributed by atoms with van der Waals surface area (Å²) in [6.45, 7) is 3.78. The molecule has 2 rings (SSSR count). The van der Waals surface area contributed by atoms with Crippen LogP contribution >= 0.6 is 0 Å². The van der Waals surface area contributed by atoms with Crippen molar-refractivity contribution in [3.63, 3.8) is 0 Å². The van der Waals surface area contributed by atoms with Gasteiger partial charge in [0.15, 0.2) is 0 Å². The molecular formula is C9H12N2O. The maximum absolute atomic E-state index is 5.58. The molecule has 1 aromatic rings. The molecule has 3 heteroatoms. The first-order valence-electron chi connectivity index (χ1n) is 4.17. The van der Waals surface area contributed by atoms with E-state index in [9.17, 15) is 0 Å². The van der Waals surface area contributed by atoms with Crippen LogP contribution in [0.15, 0.2) is 18.3 Å². The maximum Gasteiger partial charge on any atom is 0.218 e. The minimum Gasteiger partial charge on any atom is -0.473 e. The summed E-state index contributed by atoms with van der Waals surface area (Å²) in [7, 11) is 0. The predicted molar refractivity (Wildman–Crippen MR) is 46.0 cm³/mol. The van der Waals surface area contributed by atoms with Crippen molar-refractivity contribution < 1.29 is 4.74 Å². The smallest absolute Gasteiger partial charge is 0.218 e. The van der Waals surface area contributed by atoms with Crippen molar-refractivity contribution in [1.29, 1.82) is 0 Å². The highest BCUT2D eigenvalue weighted by Gasteiger charge is 2.13. The normalized spacial score (nSPS) is 22.2. The lowest BCUT2D eigenvalue weighted by Crippen LogP contribution is -2.25. The maximum atomic E-state index is 5.58. The second-order valence-corrected chi connectivity index (χ2v) is 3.03. The summed E-state index contributed by atoms with van der Waals surface area (Å²) < 4.78 is 5.58. The molecule has 1 aromatic heterocycles. The Bertz CT molecular complexity index is 275. The van der Waals surface area contributed by atoms with Crippen LogP contribution in [-0.2, 0) is 6.54 Å². The van der Waals surface area contributed by atoms with E-state index in [1.54, 1.807) is 6.20 Å². The van der Waals surface area contributed by atoms with E-state index in [2.05, 4.69) is 10.3 Å². The number of aromatic nitrogens is 1. The second kappa shape index (κ2) is 3.11. The summed E-state index contributed by atoms with van der Waals surface area (Å²) in [5.41, 5.74) is 1.14. The van der Waals surface area contributed by atoms with E-state index >= 15 is 0 Å². The number of pyridine rings is 1. The van der Waals surface area contributed by atoms with Gasteiger partial charge >= 0.3 is 0 Å². The molecule has 3 nitrogen and oxygen atoms in total. The molecule has 1 N–H and O–H groups in total. The van der Waals surface area contributed by atoms with Crippen LogP contribution in [0.1, 0.15) is 12.5 Å². The van der Waals surface area contributed by atoms with Crippen molar-refractivity contribution in [3.05, 3.63) is 23.9 Å². The monoisotopic (exact) mass is 164 g/mol. The minimum atomic E-state index is 0.209. The van der Waals surface area contributed by atoms with E-state index in [4.69, 9.17) is 4.74 Å². The number of rotatable bonds is 0. The molecule has 0 saturated heterocycles. The summed E-state index contributed by atoms with van der Waals surface area (Å²) in [5, 5.41) is 3.29. The lowest BCUT2D eigenvalue weighted by Gasteiger charge is -2.09. The highest BCUT2D eigenvalue weighted by molar-refractivity contribution is 5.26. The molecular weight excluding hydrogens is 152 g/mol. The summed E-state index contributed by atoms with van der Waals surface area (Å²) in [4.78, 5) is 4.17. The van der Waals surface area contributed by atoms with Crippen molar-refractivity contribution in [1.82, 2.24) is 10.3 Å². The zero-order chi connectivity index (χ0) is 8.39. The van der Waals surface area contributed by atoms with Gasteiger partial charge in [0.05, 0.1) is 0 Å². The third kappa shape index (κ3) is 1.41. The molecule has 0 radical (unpaired) electrons. The van der Waals surface area contributed by atoms with Crippen molar-refractivity contribution in [2.45, 2.75) is 19.6 Å². The van der Waals surface area contributed by atoms with E-state index in [0.717, 1.165) is 24.5 Å². The van der Waals surface area contributed by atoms with Crippen LogP contribution in [-0.4, -0.2) is 17.6 Å². The third-order valence-electron chi connectivity index (χ3n) is 1.91. The Morgan fingerprint density at radius 1 is 1.67 bits per heavy atom.